The van der Waals surface area contributed by atoms with Crippen molar-refractivity contribution in [2.24, 2.45) is 0 Å². The van der Waals surface area contributed by atoms with E-state index in [0.29, 0.717) is 6.42 Å². The smallest absolute Gasteiger partial charge is 0.227 e. The predicted molar refractivity (Wildman–Crippen MR) is 71.7 cm³/mol. The number of fused-ring (bicyclic) bond motifs is 1. The first-order valence-corrected chi connectivity index (χ1v) is 6.32. The number of amides is 2. The Kier molecular flexibility index (Phi) is 3.65. The van der Waals surface area contributed by atoms with Crippen LogP contribution in [0.3, 0.4) is 0 Å². The molecule has 4 nitrogen and oxygen atoms in total. The van der Waals surface area contributed by atoms with E-state index in [0.717, 1.165) is 36.3 Å². The van der Waals surface area contributed by atoms with Crippen LogP contribution in [-0.2, 0) is 16.0 Å². The summed E-state index contributed by atoms with van der Waals surface area (Å²) >= 11 is 0. The normalized spacial score (nSPS) is 14.3. The van der Waals surface area contributed by atoms with E-state index in [4.69, 9.17) is 0 Å². The predicted octanol–water partition coefficient (Wildman–Crippen LogP) is 2.33. The van der Waals surface area contributed by atoms with E-state index in [1.165, 1.54) is 6.92 Å². The van der Waals surface area contributed by atoms with Crippen molar-refractivity contribution in [3.8, 4) is 0 Å². The zero-order chi connectivity index (χ0) is 13.1. The summed E-state index contributed by atoms with van der Waals surface area (Å²) in [6, 6.07) is 5.74. The average molecular weight is 246 g/mol. The second kappa shape index (κ2) is 5.21. The van der Waals surface area contributed by atoms with E-state index >= 15 is 0 Å². The minimum absolute atomic E-state index is 0.0766. The Hall–Kier alpha value is -1.84. The third kappa shape index (κ3) is 2.53. The third-order valence-corrected chi connectivity index (χ3v) is 3.05. The molecule has 96 valence electrons. The Balaban J connectivity index is 2.30. The Labute approximate surface area is 107 Å². The molecule has 2 amide bonds. The number of anilines is 2. The van der Waals surface area contributed by atoms with Gasteiger partial charge >= 0.3 is 0 Å². The zero-order valence-electron chi connectivity index (χ0n) is 10.8. The molecule has 1 aliphatic rings. The zero-order valence-corrected chi connectivity index (χ0v) is 10.8. The van der Waals surface area contributed by atoms with Crippen LogP contribution >= 0.6 is 0 Å². The molecule has 0 radical (unpaired) electrons. The van der Waals surface area contributed by atoms with Gasteiger partial charge in [0.05, 0.1) is 0 Å². The van der Waals surface area contributed by atoms with E-state index in [1.54, 1.807) is 0 Å². The molecule has 1 aromatic carbocycles. The summed E-state index contributed by atoms with van der Waals surface area (Å²) in [5, 5.41) is 2.77. The molecule has 0 aliphatic carbocycles. The third-order valence-electron chi connectivity index (χ3n) is 3.05. The van der Waals surface area contributed by atoms with E-state index < -0.39 is 0 Å². The van der Waals surface area contributed by atoms with Gasteiger partial charge in [0, 0.05) is 31.3 Å². The minimum atomic E-state index is -0.0766. The van der Waals surface area contributed by atoms with Crippen LogP contribution in [0.1, 0.15) is 32.3 Å². The van der Waals surface area contributed by atoms with Gasteiger partial charge in [-0.3, -0.25) is 9.59 Å². The van der Waals surface area contributed by atoms with Crippen LogP contribution in [0.2, 0.25) is 0 Å². The lowest BCUT2D eigenvalue weighted by Crippen LogP contribution is -2.35. The molecule has 1 aromatic rings. The highest BCUT2D eigenvalue weighted by Crippen LogP contribution is 2.30. The van der Waals surface area contributed by atoms with Gasteiger partial charge in [-0.2, -0.15) is 0 Å². The van der Waals surface area contributed by atoms with Crippen molar-refractivity contribution in [2.75, 3.05) is 16.8 Å². The molecular weight excluding hydrogens is 228 g/mol. The fraction of sp³-hybridized carbons (Fsp3) is 0.429. The minimum Gasteiger partial charge on any atom is -0.326 e. The van der Waals surface area contributed by atoms with Crippen molar-refractivity contribution in [1.82, 2.24) is 0 Å². The number of hydrogen-bond donors (Lipinski definition) is 1. The molecule has 0 fully saturated rings. The summed E-state index contributed by atoms with van der Waals surface area (Å²) in [5.41, 5.74) is 2.92. The van der Waals surface area contributed by atoms with Crippen LogP contribution in [0.5, 0.6) is 0 Å². The van der Waals surface area contributed by atoms with Crippen molar-refractivity contribution in [1.29, 1.82) is 0 Å². The van der Waals surface area contributed by atoms with Crippen LogP contribution in [0.4, 0.5) is 11.4 Å². The molecule has 18 heavy (non-hydrogen) atoms. The number of rotatable bonds is 3. The average Bonchev–Trinajstić information content (AvgIpc) is 2.32. The van der Waals surface area contributed by atoms with Gasteiger partial charge in [-0.1, -0.05) is 6.92 Å². The maximum atomic E-state index is 11.9. The molecule has 1 N–H and O–H groups in total. The number of nitrogens with zero attached hydrogens (tertiary/aromatic N) is 1. The molecule has 0 aromatic heterocycles. The molecule has 4 heteroatoms. The lowest BCUT2D eigenvalue weighted by molar-refractivity contribution is -0.119. The number of carbonyl (C=O) groups is 2. The quantitative estimate of drug-likeness (QED) is 0.889. The molecule has 0 saturated carbocycles. The van der Waals surface area contributed by atoms with Crippen molar-refractivity contribution in [2.45, 2.75) is 33.1 Å². The van der Waals surface area contributed by atoms with Crippen LogP contribution in [0, 0.1) is 0 Å². The summed E-state index contributed by atoms with van der Waals surface area (Å²) in [6.45, 7) is 4.31. The highest BCUT2D eigenvalue weighted by atomic mass is 16.2. The maximum absolute atomic E-state index is 11.9. The number of nitrogens with one attached hydrogen (secondary N) is 1. The van der Waals surface area contributed by atoms with E-state index in [-0.39, 0.29) is 11.8 Å². The first kappa shape index (κ1) is 12.6. The number of benzene rings is 1. The molecule has 1 heterocycles. The van der Waals surface area contributed by atoms with Crippen LogP contribution in [-0.4, -0.2) is 18.4 Å². The number of aryl methyl sites for hydroxylation is 1. The summed E-state index contributed by atoms with van der Waals surface area (Å²) < 4.78 is 0. The summed E-state index contributed by atoms with van der Waals surface area (Å²) in [6.07, 6.45) is 2.25. The SMILES string of the molecule is CCCN1C(=O)CCc2cc(NC(C)=O)ccc21. The Bertz CT molecular complexity index is 483. The summed E-state index contributed by atoms with van der Waals surface area (Å²) in [7, 11) is 0. The molecular formula is C14H18N2O2. The van der Waals surface area contributed by atoms with Gasteiger partial charge in [-0.15, -0.1) is 0 Å². The second-order valence-electron chi connectivity index (χ2n) is 4.57. The topological polar surface area (TPSA) is 49.4 Å². The molecule has 1 aliphatic heterocycles. The highest BCUT2D eigenvalue weighted by molar-refractivity contribution is 5.97. The van der Waals surface area contributed by atoms with Gasteiger partial charge in [0.1, 0.15) is 0 Å². The van der Waals surface area contributed by atoms with Crippen LogP contribution in [0.25, 0.3) is 0 Å². The lowest BCUT2D eigenvalue weighted by Gasteiger charge is -2.29. The van der Waals surface area contributed by atoms with E-state index in [1.807, 2.05) is 23.1 Å². The first-order valence-electron chi connectivity index (χ1n) is 6.32. The van der Waals surface area contributed by atoms with Crippen molar-refractivity contribution in [3.63, 3.8) is 0 Å². The Morgan fingerprint density at radius 3 is 2.83 bits per heavy atom. The Morgan fingerprint density at radius 1 is 1.39 bits per heavy atom. The van der Waals surface area contributed by atoms with Gasteiger partial charge in [0.15, 0.2) is 0 Å². The fourth-order valence-electron chi connectivity index (χ4n) is 2.31. The summed E-state index contributed by atoms with van der Waals surface area (Å²) in [5.74, 6) is 0.115. The second-order valence-corrected chi connectivity index (χ2v) is 4.57. The standard InChI is InChI=1S/C14H18N2O2/c1-3-8-16-13-6-5-12(15-10(2)17)9-11(13)4-7-14(16)18/h5-6,9H,3-4,7-8H2,1-2H3,(H,15,17). The lowest BCUT2D eigenvalue weighted by atomic mass is 10.00. The van der Waals surface area contributed by atoms with Gasteiger partial charge < -0.3 is 10.2 Å². The van der Waals surface area contributed by atoms with Gasteiger partial charge in [0.2, 0.25) is 11.8 Å². The van der Waals surface area contributed by atoms with Crippen molar-refractivity contribution < 1.29 is 9.59 Å². The number of hydrogen-bond acceptors (Lipinski definition) is 2. The van der Waals surface area contributed by atoms with E-state index in [2.05, 4.69) is 12.2 Å². The van der Waals surface area contributed by atoms with Gasteiger partial charge in [0.25, 0.3) is 0 Å². The molecule has 0 saturated heterocycles. The molecule has 0 spiro atoms. The van der Waals surface area contributed by atoms with Gasteiger partial charge in [-0.05, 0) is 36.6 Å². The summed E-state index contributed by atoms with van der Waals surface area (Å²) in [4.78, 5) is 24.7. The largest absolute Gasteiger partial charge is 0.326 e. The van der Waals surface area contributed by atoms with E-state index in [9.17, 15) is 9.59 Å². The first-order chi connectivity index (χ1) is 8.61. The van der Waals surface area contributed by atoms with Crippen LogP contribution < -0.4 is 10.2 Å². The van der Waals surface area contributed by atoms with Crippen molar-refractivity contribution >= 4 is 23.2 Å². The van der Waals surface area contributed by atoms with Gasteiger partial charge in [-0.25, -0.2) is 0 Å². The number of carbonyl (C=O) groups excluding carboxylic acids is 2. The molecule has 0 bridgehead atoms. The highest BCUT2D eigenvalue weighted by Gasteiger charge is 2.23. The monoisotopic (exact) mass is 246 g/mol. The van der Waals surface area contributed by atoms with Crippen LogP contribution in [0.15, 0.2) is 18.2 Å². The maximum Gasteiger partial charge on any atom is 0.227 e. The van der Waals surface area contributed by atoms with Crippen molar-refractivity contribution in [3.05, 3.63) is 23.8 Å². The fourth-order valence-corrected chi connectivity index (χ4v) is 2.31. The molecule has 0 atom stereocenters. The molecule has 2 rings (SSSR count). The molecule has 0 unspecified atom stereocenters. The Morgan fingerprint density at radius 2 is 2.17 bits per heavy atom.